The lowest BCUT2D eigenvalue weighted by Gasteiger charge is -2.09. The number of nitrogens with zero attached hydrogens (tertiary/aromatic N) is 3. The maximum atomic E-state index is 11.1. The molecule has 0 unspecified atom stereocenters. The first-order valence-corrected chi connectivity index (χ1v) is 7.21. The summed E-state index contributed by atoms with van der Waals surface area (Å²) in [6.07, 6.45) is 3.84. The van der Waals surface area contributed by atoms with Crippen molar-refractivity contribution in [2.75, 3.05) is 14.2 Å². The van der Waals surface area contributed by atoms with Gasteiger partial charge in [0.2, 0.25) is 0 Å². The van der Waals surface area contributed by atoms with Gasteiger partial charge in [0.1, 0.15) is 5.75 Å². The molecule has 0 bridgehead atoms. The molecule has 0 radical (unpaired) electrons. The summed E-state index contributed by atoms with van der Waals surface area (Å²) in [6.45, 7) is 2.01. The number of thiazole rings is 1. The van der Waals surface area contributed by atoms with Crippen LogP contribution in [0, 0.1) is 17.0 Å². The third-order valence-electron chi connectivity index (χ3n) is 3.25. The summed E-state index contributed by atoms with van der Waals surface area (Å²) in [5.74, 6) is 0.559. The Hall–Kier alpha value is -2.61. The third kappa shape index (κ3) is 2.27. The standard InChI is InChI=1S/C14H13N3O4S/c1-8-6-16-7-10(15-14(16)22-8)9-4-13(21-3)11(17(18)19)5-12(9)20-2/h4-7H,1-3H3. The zero-order valence-electron chi connectivity index (χ0n) is 12.2. The molecule has 0 aliphatic carbocycles. The first kappa shape index (κ1) is 14.3. The molecule has 0 aliphatic rings. The highest BCUT2D eigenvalue weighted by molar-refractivity contribution is 7.17. The lowest BCUT2D eigenvalue weighted by molar-refractivity contribution is -0.385. The summed E-state index contributed by atoms with van der Waals surface area (Å²) in [6, 6.07) is 2.93. The molecule has 0 atom stereocenters. The smallest absolute Gasteiger partial charge is 0.314 e. The van der Waals surface area contributed by atoms with Gasteiger partial charge in [-0.15, -0.1) is 11.3 Å². The van der Waals surface area contributed by atoms with Crippen LogP contribution in [0.5, 0.6) is 11.5 Å². The van der Waals surface area contributed by atoms with Crippen molar-refractivity contribution in [2.45, 2.75) is 6.92 Å². The van der Waals surface area contributed by atoms with Crippen molar-refractivity contribution in [2.24, 2.45) is 0 Å². The van der Waals surface area contributed by atoms with Crippen LogP contribution in [0.3, 0.4) is 0 Å². The zero-order valence-corrected chi connectivity index (χ0v) is 13.0. The van der Waals surface area contributed by atoms with Gasteiger partial charge in [-0.1, -0.05) is 0 Å². The molecule has 3 rings (SSSR count). The predicted molar refractivity (Wildman–Crippen MR) is 83.0 cm³/mol. The monoisotopic (exact) mass is 319 g/mol. The second-order valence-corrected chi connectivity index (χ2v) is 5.85. The second kappa shape index (κ2) is 5.30. The third-order valence-corrected chi connectivity index (χ3v) is 4.16. The van der Waals surface area contributed by atoms with Gasteiger partial charge in [-0.3, -0.25) is 14.5 Å². The molecule has 0 fully saturated rings. The van der Waals surface area contributed by atoms with E-state index < -0.39 is 4.92 Å². The maximum Gasteiger partial charge on any atom is 0.314 e. The molecule has 0 saturated carbocycles. The van der Waals surface area contributed by atoms with Gasteiger partial charge in [-0.05, 0) is 6.92 Å². The zero-order chi connectivity index (χ0) is 15.9. The van der Waals surface area contributed by atoms with Crippen LogP contribution in [-0.4, -0.2) is 28.5 Å². The molecule has 8 heteroatoms. The maximum absolute atomic E-state index is 11.1. The van der Waals surface area contributed by atoms with Crippen molar-refractivity contribution in [3.8, 4) is 22.8 Å². The molecule has 3 aromatic rings. The molecular formula is C14H13N3O4S. The summed E-state index contributed by atoms with van der Waals surface area (Å²) in [4.78, 5) is 17.1. The van der Waals surface area contributed by atoms with E-state index in [1.54, 1.807) is 17.4 Å². The minimum absolute atomic E-state index is 0.139. The fourth-order valence-electron chi connectivity index (χ4n) is 2.27. The molecule has 2 aromatic heterocycles. The van der Waals surface area contributed by atoms with E-state index in [2.05, 4.69) is 4.98 Å². The average Bonchev–Trinajstić information content (AvgIpc) is 3.02. The highest BCUT2D eigenvalue weighted by Crippen LogP contribution is 2.39. The lowest BCUT2D eigenvalue weighted by atomic mass is 10.1. The van der Waals surface area contributed by atoms with Crippen molar-refractivity contribution < 1.29 is 14.4 Å². The van der Waals surface area contributed by atoms with E-state index in [0.29, 0.717) is 17.0 Å². The van der Waals surface area contributed by atoms with Gasteiger partial charge in [0, 0.05) is 28.9 Å². The van der Waals surface area contributed by atoms with Crippen molar-refractivity contribution in [3.05, 3.63) is 39.5 Å². The van der Waals surface area contributed by atoms with Gasteiger partial charge in [0.05, 0.1) is 30.9 Å². The first-order valence-electron chi connectivity index (χ1n) is 6.39. The highest BCUT2D eigenvalue weighted by atomic mass is 32.1. The molecule has 0 aliphatic heterocycles. The Morgan fingerprint density at radius 1 is 1.23 bits per heavy atom. The van der Waals surface area contributed by atoms with Crippen LogP contribution >= 0.6 is 11.3 Å². The molecule has 0 saturated heterocycles. The van der Waals surface area contributed by atoms with E-state index in [-0.39, 0.29) is 11.4 Å². The number of hydrogen-bond donors (Lipinski definition) is 0. The van der Waals surface area contributed by atoms with Gasteiger partial charge in [0.25, 0.3) is 0 Å². The number of fused-ring (bicyclic) bond motifs is 1. The van der Waals surface area contributed by atoms with Crippen molar-refractivity contribution >= 4 is 22.0 Å². The minimum Gasteiger partial charge on any atom is -0.496 e. The van der Waals surface area contributed by atoms with Crippen molar-refractivity contribution in [3.63, 3.8) is 0 Å². The molecule has 0 spiro atoms. The van der Waals surface area contributed by atoms with Crippen molar-refractivity contribution in [1.82, 2.24) is 9.38 Å². The number of methoxy groups -OCH3 is 2. The van der Waals surface area contributed by atoms with Crippen LogP contribution in [0.25, 0.3) is 16.2 Å². The molecule has 1 aromatic carbocycles. The SMILES string of the molecule is COc1cc([N+](=O)[O-])c(OC)cc1-c1cn2cc(C)sc2n1. The van der Waals surface area contributed by atoms with Crippen LogP contribution in [0.4, 0.5) is 5.69 Å². The number of rotatable bonds is 4. The summed E-state index contributed by atoms with van der Waals surface area (Å²) in [7, 11) is 2.87. The van der Waals surface area contributed by atoms with E-state index >= 15 is 0 Å². The fraction of sp³-hybridized carbons (Fsp3) is 0.214. The average molecular weight is 319 g/mol. The number of imidazole rings is 1. The van der Waals surface area contributed by atoms with E-state index in [4.69, 9.17) is 9.47 Å². The van der Waals surface area contributed by atoms with Crippen LogP contribution in [0.1, 0.15) is 4.88 Å². The summed E-state index contributed by atoms with van der Waals surface area (Å²) in [5, 5.41) is 11.1. The lowest BCUT2D eigenvalue weighted by Crippen LogP contribution is -1.97. The molecule has 114 valence electrons. The number of hydrogen-bond acceptors (Lipinski definition) is 6. The van der Waals surface area contributed by atoms with E-state index in [0.717, 1.165) is 9.84 Å². The molecule has 2 heterocycles. The van der Waals surface area contributed by atoms with Gasteiger partial charge in [0.15, 0.2) is 10.7 Å². The quantitative estimate of drug-likeness (QED) is 0.544. The summed E-state index contributed by atoms with van der Waals surface area (Å²) in [5.41, 5.74) is 1.19. The summed E-state index contributed by atoms with van der Waals surface area (Å²) < 4.78 is 12.3. The van der Waals surface area contributed by atoms with Crippen LogP contribution in [-0.2, 0) is 0 Å². The number of nitro benzene ring substituents is 1. The first-order chi connectivity index (χ1) is 10.5. The Bertz CT molecular complexity index is 837. The summed E-state index contributed by atoms with van der Waals surface area (Å²) >= 11 is 1.57. The number of aryl methyl sites for hydroxylation is 1. The van der Waals surface area contributed by atoms with Gasteiger partial charge in [-0.2, -0.15) is 0 Å². The van der Waals surface area contributed by atoms with E-state index in [1.807, 2.05) is 23.7 Å². The molecule has 7 nitrogen and oxygen atoms in total. The molecule has 0 N–H and O–H groups in total. The number of ether oxygens (including phenoxy) is 2. The molecular weight excluding hydrogens is 306 g/mol. The molecule has 22 heavy (non-hydrogen) atoms. The van der Waals surface area contributed by atoms with Crippen molar-refractivity contribution in [1.29, 1.82) is 0 Å². The van der Waals surface area contributed by atoms with Gasteiger partial charge >= 0.3 is 5.69 Å². The van der Waals surface area contributed by atoms with E-state index in [1.165, 1.54) is 20.3 Å². The topological polar surface area (TPSA) is 78.9 Å². The highest BCUT2D eigenvalue weighted by Gasteiger charge is 2.22. The van der Waals surface area contributed by atoms with Crippen LogP contribution < -0.4 is 9.47 Å². The van der Waals surface area contributed by atoms with Crippen LogP contribution in [0.15, 0.2) is 24.5 Å². The Morgan fingerprint density at radius 2 is 1.95 bits per heavy atom. The predicted octanol–water partition coefficient (Wildman–Crippen LogP) is 3.30. The van der Waals surface area contributed by atoms with Crippen LogP contribution in [0.2, 0.25) is 0 Å². The minimum atomic E-state index is -0.500. The Morgan fingerprint density at radius 3 is 2.55 bits per heavy atom. The molecule has 0 amide bonds. The Kier molecular flexibility index (Phi) is 3.45. The van der Waals surface area contributed by atoms with Gasteiger partial charge < -0.3 is 9.47 Å². The fourth-order valence-corrected chi connectivity index (χ4v) is 3.07. The second-order valence-electron chi connectivity index (χ2n) is 4.64. The van der Waals surface area contributed by atoms with Gasteiger partial charge in [-0.25, -0.2) is 4.98 Å². The largest absolute Gasteiger partial charge is 0.496 e. The number of nitro groups is 1. The Balaban J connectivity index is 2.19. The van der Waals surface area contributed by atoms with E-state index in [9.17, 15) is 10.1 Å². The normalized spacial score (nSPS) is 10.9. The Labute approximate surface area is 129 Å². The number of aromatic nitrogens is 2. The number of benzene rings is 1.